The first-order chi connectivity index (χ1) is 8.57. The van der Waals surface area contributed by atoms with Crippen molar-refractivity contribution in [3.63, 3.8) is 0 Å². The van der Waals surface area contributed by atoms with Crippen LogP contribution < -0.4 is 10.1 Å². The Hall–Kier alpha value is -1.06. The zero-order chi connectivity index (χ0) is 13.4. The van der Waals surface area contributed by atoms with Crippen molar-refractivity contribution in [2.45, 2.75) is 45.8 Å². The van der Waals surface area contributed by atoms with Gasteiger partial charge in [-0.1, -0.05) is 26.0 Å². The molecule has 0 aliphatic rings. The summed E-state index contributed by atoms with van der Waals surface area (Å²) in [6, 6.07) is 8.01. The summed E-state index contributed by atoms with van der Waals surface area (Å²) in [6.45, 7) is 8.15. The summed E-state index contributed by atoms with van der Waals surface area (Å²) >= 11 is 0. The van der Waals surface area contributed by atoms with Crippen LogP contribution in [-0.2, 0) is 6.54 Å². The van der Waals surface area contributed by atoms with E-state index in [1.165, 1.54) is 5.56 Å². The molecule has 1 rings (SSSR count). The third kappa shape index (κ3) is 5.52. The third-order valence-electron chi connectivity index (χ3n) is 2.99. The van der Waals surface area contributed by atoms with E-state index >= 15 is 0 Å². The predicted octanol–water partition coefficient (Wildman–Crippen LogP) is 2.73. The van der Waals surface area contributed by atoms with Crippen LogP contribution in [0.3, 0.4) is 0 Å². The molecule has 0 fully saturated rings. The van der Waals surface area contributed by atoms with Crippen molar-refractivity contribution in [1.82, 2.24) is 5.32 Å². The minimum absolute atomic E-state index is 0.330. The molecule has 2 N–H and O–H groups in total. The first-order valence-electron chi connectivity index (χ1n) is 6.72. The number of ether oxygens (including phenoxy) is 1. The maximum absolute atomic E-state index is 9.85. The zero-order valence-electron chi connectivity index (χ0n) is 11.7. The number of hydrogen-bond acceptors (Lipinski definition) is 3. The van der Waals surface area contributed by atoms with Crippen molar-refractivity contribution in [2.24, 2.45) is 0 Å². The second kappa shape index (κ2) is 7.39. The normalized spacial score (nSPS) is 14.2. The first-order valence-corrected chi connectivity index (χ1v) is 6.72. The Morgan fingerprint density at radius 1 is 1.22 bits per heavy atom. The van der Waals surface area contributed by atoms with Crippen LogP contribution in [0.2, 0.25) is 0 Å². The molecule has 18 heavy (non-hydrogen) atoms. The van der Waals surface area contributed by atoms with E-state index in [-0.39, 0.29) is 0 Å². The van der Waals surface area contributed by atoms with Gasteiger partial charge in [-0.05, 0) is 44.0 Å². The van der Waals surface area contributed by atoms with Gasteiger partial charge < -0.3 is 15.2 Å². The van der Waals surface area contributed by atoms with Gasteiger partial charge in [-0.3, -0.25) is 0 Å². The summed E-state index contributed by atoms with van der Waals surface area (Å²) in [6.07, 6.45) is 1.83. The molecule has 102 valence electrons. The molecule has 0 amide bonds. The van der Waals surface area contributed by atoms with Crippen LogP contribution >= 0.6 is 0 Å². The van der Waals surface area contributed by atoms with Crippen LogP contribution in [0.25, 0.3) is 0 Å². The zero-order valence-corrected chi connectivity index (χ0v) is 11.7. The Kier molecular flexibility index (Phi) is 6.16. The molecule has 3 nitrogen and oxygen atoms in total. The maximum atomic E-state index is 9.85. The average molecular weight is 251 g/mol. The smallest absolute Gasteiger partial charge is 0.119 e. The molecular formula is C15H25NO2. The van der Waals surface area contributed by atoms with Gasteiger partial charge >= 0.3 is 0 Å². The summed E-state index contributed by atoms with van der Waals surface area (Å²) in [5.41, 5.74) is 0.500. The minimum atomic E-state index is -0.749. The topological polar surface area (TPSA) is 41.5 Å². The molecule has 1 aromatic carbocycles. The van der Waals surface area contributed by atoms with Crippen molar-refractivity contribution in [1.29, 1.82) is 0 Å². The van der Waals surface area contributed by atoms with Crippen molar-refractivity contribution in [2.75, 3.05) is 13.2 Å². The molecule has 0 aliphatic heterocycles. The molecule has 1 atom stereocenters. The predicted molar refractivity (Wildman–Crippen MR) is 74.8 cm³/mol. The molecule has 0 radical (unpaired) electrons. The average Bonchev–Trinajstić information content (AvgIpc) is 2.38. The molecule has 1 aromatic rings. The number of aliphatic hydroxyl groups is 1. The number of hydrogen-bond donors (Lipinski definition) is 2. The molecule has 0 aromatic heterocycles. The van der Waals surface area contributed by atoms with E-state index in [9.17, 15) is 5.11 Å². The Morgan fingerprint density at radius 2 is 1.89 bits per heavy atom. The summed E-state index contributed by atoms with van der Waals surface area (Å²) in [5, 5.41) is 13.2. The van der Waals surface area contributed by atoms with Crippen molar-refractivity contribution >= 4 is 0 Å². The Labute approximate surface area is 110 Å². The standard InChI is InChI=1S/C15H25NO2/c1-4-10-16-11-13-6-8-14(9-7-13)18-12-15(3,17)5-2/h6-9,16-17H,4-5,10-12H2,1-3H3. The first kappa shape index (κ1) is 15.0. The van der Waals surface area contributed by atoms with Crippen LogP contribution in [-0.4, -0.2) is 23.9 Å². The summed E-state index contributed by atoms with van der Waals surface area (Å²) in [5.74, 6) is 0.808. The molecule has 0 bridgehead atoms. The van der Waals surface area contributed by atoms with Gasteiger partial charge in [0.1, 0.15) is 12.4 Å². The molecule has 1 unspecified atom stereocenters. The molecule has 0 heterocycles. The van der Waals surface area contributed by atoms with E-state index in [2.05, 4.69) is 24.4 Å². The van der Waals surface area contributed by atoms with Crippen LogP contribution in [0.5, 0.6) is 5.75 Å². The summed E-state index contributed by atoms with van der Waals surface area (Å²) < 4.78 is 5.57. The fourth-order valence-corrected chi connectivity index (χ4v) is 1.45. The van der Waals surface area contributed by atoms with Gasteiger partial charge in [-0.25, -0.2) is 0 Å². The second-order valence-corrected chi connectivity index (χ2v) is 4.96. The quantitative estimate of drug-likeness (QED) is 0.698. The lowest BCUT2D eigenvalue weighted by Crippen LogP contribution is -2.31. The van der Waals surface area contributed by atoms with E-state index in [1.807, 2.05) is 19.1 Å². The highest BCUT2D eigenvalue weighted by Gasteiger charge is 2.18. The van der Waals surface area contributed by atoms with Gasteiger partial charge in [-0.15, -0.1) is 0 Å². The molecule has 0 saturated carbocycles. The number of nitrogens with one attached hydrogen (secondary N) is 1. The van der Waals surface area contributed by atoms with E-state index in [0.29, 0.717) is 13.0 Å². The lowest BCUT2D eigenvalue weighted by molar-refractivity contribution is 0.00846. The molecular weight excluding hydrogens is 226 g/mol. The Morgan fingerprint density at radius 3 is 2.44 bits per heavy atom. The largest absolute Gasteiger partial charge is 0.491 e. The highest BCUT2D eigenvalue weighted by molar-refractivity contribution is 5.27. The third-order valence-corrected chi connectivity index (χ3v) is 2.99. The minimum Gasteiger partial charge on any atom is -0.491 e. The van der Waals surface area contributed by atoms with E-state index in [0.717, 1.165) is 25.3 Å². The Balaban J connectivity index is 2.40. The lowest BCUT2D eigenvalue weighted by Gasteiger charge is -2.21. The fraction of sp³-hybridized carbons (Fsp3) is 0.600. The highest BCUT2D eigenvalue weighted by Crippen LogP contribution is 2.15. The maximum Gasteiger partial charge on any atom is 0.119 e. The van der Waals surface area contributed by atoms with Gasteiger partial charge in [0.15, 0.2) is 0 Å². The summed E-state index contributed by atoms with van der Waals surface area (Å²) in [7, 11) is 0. The van der Waals surface area contributed by atoms with Crippen LogP contribution in [0, 0.1) is 0 Å². The molecule has 3 heteroatoms. The molecule has 0 aliphatic carbocycles. The van der Waals surface area contributed by atoms with Crippen molar-refractivity contribution in [3.05, 3.63) is 29.8 Å². The lowest BCUT2D eigenvalue weighted by atomic mass is 10.1. The van der Waals surface area contributed by atoms with Gasteiger partial charge in [0, 0.05) is 6.54 Å². The number of rotatable bonds is 8. The van der Waals surface area contributed by atoms with Crippen molar-refractivity contribution < 1.29 is 9.84 Å². The van der Waals surface area contributed by atoms with Crippen LogP contribution in [0.15, 0.2) is 24.3 Å². The van der Waals surface area contributed by atoms with Crippen LogP contribution in [0.4, 0.5) is 0 Å². The van der Waals surface area contributed by atoms with Gasteiger partial charge in [0.05, 0.1) is 5.60 Å². The van der Waals surface area contributed by atoms with E-state index < -0.39 is 5.60 Å². The van der Waals surface area contributed by atoms with E-state index in [1.54, 1.807) is 6.92 Å². The van der Waals surface area contributed by atoms with Crippen LogP contribution in [0.1, 0.15) is 39.2 Å². The SMILES string of the molecule is CCCNCc1ccc(OCC(C)(O)CC)cc1. The Bertz CT molecular complexity index is 333. The monoisotopic (exact) mass is 251 g/mol. The number of benzene rings is 1. The van der Waals surface area contributed by atoms with Gasteiger partial charge in [0.2, 0.25) is 0 Å². The highest BCUT2D eigenvalue weighted by atomic mass is 16.5. The van der Waals surface area contributed by atoms with E-state index in [4.69, 9.17) is 4.74 Å². The molecule has 0 spiro atoms. The summed E-state index contributed by atoms with van der Waals surface area (Å²) in [4.78, 5) is 0. The van der Waals surface area contributed by atoms with Gasteiger partial charge in [-0.2, -0.15) is 0 Å². The van der Waals surface area contributed by atoms with Crippen molar-refractivity contribution in [3.8, 4) is 5.75 Å². The molecule has 0 saturated heterocycles. The fourth-order valence-electron chi connectivity index (χ4n) is 1.45. The second-order valence-electron chi connectivity index (χ2n) is 4.96. The van der Waals surface area contributed by atoms with Gasteiger partial charge in [0.25, 0.3) is 0 Å².